The molecule has 4 rings (SSSR count). The minimum absolute atomic E-state index is 0.0119. The van der Waals surface area contributed by atoms with Crippen molar-refractivity contribution in [2.45, 2.75) is 70.4 Å². The SMILES string of the molecule is CC1CN(CCC2CCNCC2)CCN1c1ccc(OCC(=O)OC2CCCCC2)cc1. The molecular formula is C26H41N3O3. The summed E-state index contributed by atoms with van der Waals surface area (Å²) in [5.41, 5.74) is 1.23. The molecule has 2 saturated heterocycles. The Morgan fingerprint density at radius 1 is 1.03 bits per heavy atom. The molecule has 0 amide bonds. The van der Waals surface area contributed by atoms with Gasteiger partial charge < -0.3 is 19.7 Å². The Labute approximate surface area is 193 Å². The lowest BCUT2D eigenvalue weighted by atomic mass is 9.94. The van der Waals surface area contributed by atoms with E-state index in [4.69, 9.17) is 9.47 Å². The quantitative estimate of drug-likeness (QED) is 0.616. The highest BCUT2D eigenvalue weighted by atomic mass is 16.6. The van der Waals surface area contributed by atoms with E-state index in [1.807, 2.05) is 12.1 Å². The van der Waals surface area contributed by atoms with Gasteiger partial charge in [-0.25, -0.2) is 4.79 Å². The van der Waals surface area contributed by atoms with E-state index in [1.54, 1.807) is 0 Å². The lowest BCUT2D eigenvalue weighted by Crippen LogP contribution is -2.52. The number of carbonyl (C=O) groups is 1. The molecule has 1 atom stereocenters. The van der Waals surface area contributed by atoms with Gasteiger partial charge in [0.2, 0.25) is 0 Å². The van der Waals surface area contributed by atoms with Crippen molar-refractivity contribution in [3.63, 3.8) is 0 Å². The zero-order valence-electron chi connectivity index (χ0n) is 19.8. The number of esters is 1. The van der Waals surface area contributed by atoms with E-state index in [0.717, 1.165) is 57.0 Å². The smallest absolute Gasteiger partial charge is 0.344 e. The molecule has 0 bridgehead atoms. The number of benzene rings is 1. The van der Waals surface area contributed by atoms with Crippen LogP contribution in [-0.4, -0.2) is 68.9 Å². The number of hydrogen-bond acceptors (Lipinski definition) is 6. The summed E-state index contributed by atoms with van der Waals surface area (Å²) in [4.78, 5) is 17.2. The number of piperidine rings is 1. The van der Waals surface area contributed by atoms with Crippen LogP contribution < -0.4 is 15.0 Å². The molecule has 1 aromatic carbocycles. The van der Waals surface area contributed by atoms with Crippen LogP contribution in [0.15, 0.2) is 24.3 Å². The summed E-state index contributed by atoms with van der Waals surface area (Å²) < 4.78 is 11.2. The molecule has 1 unspecified atom stereocenters. The second-order valence-corrected chi connectivity index (χ2v) is 9.86. The summed E-state index contributed by atoms with van der Waals surface area (Å²) in [6.45, 7) is 9.22. The molecule has 3 aliphatic rings. The van der Waals surface area contributed by atoms with Crippen molar-refractivity contribution in [2.24, 2.45) is 5.92 Å². The van der Waals surface area contributed by atoms with Crippen molar-refractivity contribution >= 4 is 11.7 Å². The minimum atomic E-state index is -0.254. The first kappa shape index (κ1) is 23.4. The summed E-state index contributed by atoms with van der Waals surface area (Å²) in [5.74, 6) is 1.37. The molecule has 1 N–H and O–H groups in total. The first-order valence-electron chi connectivity index (χ1n) is 12.8. The van der Waals surface area contributed by atoms with E-state index in [9.17, 15) is 4.79 Å². The van der Waals surface area contributed by atoms with Gasteiger partial charge in [0.05, 0.1) is 0 Å². The molecule has 6 nitrogen and oxygen atoms in total. The first-order valence-corrected chi connectivity index (χ1v) is 12.8. The molecule has 178 valence electrons. The van der Waals surface area contributed by atoms with Crippen LogP contribution in [0.1, 0.15) is 58.3 Å². The predicted octanol–water partition coefficient (Wildman–Crippen LogP) is 3.84. The van der Waals surface area contributed by atoms with E-state index < -0.39 is 0 Å². The fourth-order valence-corrected chi connectivity index (χ4v) is 5.43. The Morgan fingerprint density at radius 3 is 2.50 bits per heavy atom. The number of anilines is 1. The van der Waals surface area contributed by atoms with E-state index in [0.29, 0.717) is 6.04 Å². The maximum atomic E-state index is 12.1. The largest absolute Gasteiger partial charge is 0.482 e. The third-order valence-electron chi connectivity index (χ3n) is 7.40. The molecule has 6 heteroatoms. The van der Waals surface area contributed by atoms with Crippen molar-refractivity contribution in [1.29, 1.82) is 0 Å². The molecule has 32 heavy (non-hydrogen) atoms. The van der Waals surface area contributed by atoms with Crippen molar-refractivity contribution in [3.8, 4) is 5.75 Å². The van der Waals surface area contributed by atoms with Crippen molar-refractivity contribution in [2.75, 3.05) is 50.8 Å². The standard InChI is InChI=1S/C26H41N3O3/c1-21-19-28(16-13-22-11-14-27-15-12-22)17-18-29(21)23-7-9-24(10-8-23)31-20-26(30)32-25-5-3-2-4-6-25/h7-10,21-22,25,27H,2-6,11-20H2,1H3. The molecule has 2 heterocycles. The van der Waals surface area contributed by atoms with Crippen LogP contribution in [0, 0.1) is 5.92 Å². The minimum Gasteiger partial charge on any atom is -0.482 e. The molecule has 0 spiro atoms. The van der Waals surface area contributed by atoms with Crippen LogP contribution in [-0.2, 0) is 9.53 Å². The Kier molecular flexibility index (Phi) is 8.69. The van der Waals surface area contributed by atoms with E-state index >= 15 is 0 Å². The van der Waals surface area contributed by atoms with Crippen LogP contribution in [0.3, 0.4) is 0 Å². The molecule has 1 aromatic rings. The third-order valence-corrected chi connectivity index (χ3v) is 7.40. The van der Waals surface area contributed by atoms with Gasteiger partial charge in [0.1, 0.15) is 11.9 Å². The Hall–Kier alpha value is -1.79. The fraction of sp³-hybridized carbons (Fsp3) is 0.731. The van der Waals surface area contributed by atoms with E-state index in [-0.39, 0.29) is 18.7 Å². The highest BCUT2D eigenvalue weighted by Crippen LogP contribution is 2.25. The number of piperazine rings is 1. The first-order chi connectivity index (χ1) is 15.7. The number of nitrogens with one attached hydrogen (secondary N) is 1. The van der Waals surface area contributed by atoms with Gasteiger partial charge in [-0.1, -0.05) is 6.42 Å². The zero-order chi connectivity index (χ0) is 22.2. The normalized spacial score (nSPS) is 23.8. The molecule has 0 aromatic heterocycles. The van der Waals surface area contributed by atoms with E-state index in [1.165, 1.54) is 51.0 Å². The lowest BCUT2D eigenvalue weighted by Gasteiger charge is -2.42. The molecule has 1 aliphatic carbocycles. The monoisotopic (exact) mass is 443 g/mol. The number of ether oxygens (including phenoxy) is 2. The maximum absolute atomic E-state index is 12.1. The van der Waals surface area contributed by atoms with Crippen LogP contribution in [0.25, 0.3) is 0 Å². The van der Waals surface area contributed by atoms with Gasteiger partial charge >= 0.3 is 5.97 Å². The molecule has 1 saturated carbocycles. The van der Waals surface area contributed by atoms with Gasteiger partial charge in [-0.2, -0.15) is 0 Å². The van der Waals surface area contributed by atoms with Gasteiger partial charge in [0, 0.05) is 31.4 Å². The van der Waals surface area contributed by atoms with Gasteiger partial charge in [-0.3, -0.25) is 4.90 Å². The maximum Gasteiger partial charge on any atom is 0.344 e. The number of rotatable bonds is 8. The van der Waals surface area contributed by atoms with Crippen LogP contribution in [0.4, 0.5) is 5.69 Å². The Morgan fingerprint density at radius 2 is 1.78 bits per heavy atom. The Balaban J connectivity index is 1.18. The fourth-order valence-electron chi connectivity index (χ4n) is 5.43. The number of nitrogens with zero attached hydrogens (tertiary/aromatic N) is 2. The zero-order valence-corrected chi connectivity index (χ0v) is 19.8. The number of carbonyl (C=O) groups excluding carboxylic acids is 1. The van der Waals surface area contributed by atoms with Gasteiger partial charge in [-0.15, -0.1) is 0 Å². The van der Waals surface area contributed by atoms with Crippen molar-refractivity contribution in [3.05, 3.63) is 24.3 Å². The molecular weight excluding hydrogens is 402 g/mol. The third kappa shape index (κ3) is 6.85. The molecule has 3 fully saturated rings. The number of hydrogen-bond donors (Lipinski definition) is 1. The lowest BCUT2D eigenvalue weighted by molar-refractivity contribution is -0.152. The summed E-state index contributed by atoms with van der Waals surface area (Å²) >= 11 is 0. The summed E-state index contributed by atoms with van der Waals surface area (Å²) in [5, 5.41) is 3.47. The second kappa shape index (κ2) is 11.9. The highest BCUT2D eigenvalue weighted by molar-refractivity contribution is 5.71. The van der Waals surface area contributed by atoms with Gasteiger partial charge in [0.25, 0.3) is 0 Å². The molecule has 0 radical (unpaired) electrons. The topological polar surface area (TPSA) is 54.0 Å². The van der Waals surface area contributed by atoms with Crippen molar-refractivity contribution < 1.29 is 14.3 Å². The summed E-state index contributed by atoms with van der Waals surface area (Å²) in [7, 11) is 0. The van der Waals surface area contributed by atoms with Crippen LogP contribution >= 0.6 is 0 Å². The van der Waals surface area contributed by atoms with Gasteiger partial charge in [0.15, 0.2) is 6.61 Å². The highest BCUT2D eigenvalue weighted by Gasteiger charge is 2.25. The second-order valence-electron chi connectivity index (χ2n) is 9.86. The summed E-state index contributed by atoms with van der Waals surface area (Å²) in [6, 6.07) is 8.67. The molecule has 2 aliphatic heterocycles. The average Bonchev–Trinajstić information content (AvgIpc) is 2.83. The van der Waals surface area contributed by atoms with E-state index in [2.05, 4.69) is 34.2 Å². The van der Waals surface area contributed by atoms with Gasteiger partial charge in [-0.05, 0) is 102 Å². The average molecular weight is 444 g/mol. The van der Waals surface area contributed by atoms with Crippen LogP contribution in [0.2, 0.25) is 0 Å². The van der Waals surface area contributed by atoms with Crippen LogP contribution in [0.5, 0.6) is 5.75 Å². The Bertz CT molecular complexity index is 699. The van der Waals surface area contributed by atoms with Crippen molar-refractivity contribution in [1.82, 2.24) is 10.2 Å². The summed E-state index contributed by atoms with van der Waals surface area (Å²) in [6.07, 6.45) is 9.64. The predicted molar refractivity (Wildman–Crippen MR) is 128 cm³/mol.